The van der Waals surface area contributed by atoms with Crippen molar-refractivity contribution in [2.75, 3.05) is 6.54 Å². The Morgan fingerprint density at radius 3 is 2.29 bits per heavy atom. The van der Waals surface area contributed by atoms with E-state index in [0.717, 1.165) is 5.75 Å². The van der Waals surface area contributed by atoms with Gasteiger partial charge in [-0.2, -0.15) is 5.90 Å². The second-order valence-electron chi connectivity index (χ2n) is 5.32. The van der Waals surface area contributed by atoms with E-state index < -0.39 is 5.97 Å². The van der Waals surface area contributed by atoms with Crippen molar-refractivity contribution < 1.29 is 19.2 Å². The molecule has 0 unspecified atom stereocenters. The minimum Gasteiger partial charge on any atom is -0.457 e. The van der Waals surface area contributed by atoms with Gasteiger partial charge < -0.3 is 14.9 Å². The second kappa shape index (κ2) is 8.69. The van der Waals surface area contributed by atoms with Crippen LogP contribution in [0.4, 0.5) is 0 Å². The van der Waals surface area contributed by atoms with Gasteiger partial charge in [-0.25, -0.2) is 0 Å². The molecule has 0 aliphatic carbocycles. The molecule has 0 aromatic heterocycles. The summed E-state index contributed by atoms with van der Waals surface area (Å²) < 4.78 is 5.67. The van der Waals surface area contributed by atoms with Crippen molar-refractivity contribution >= 4 is 11.9 Å². The van der Waals surface area contributed by atoms with Crippen molar-refractivity contribution in [2.24, 2.45) is 11.8 Å². The van der Waals surface area contributed by atoms with Crippen molar-refractivity contribution in [3.63, 3.8) is 0 Å². The molecule has 0 aliphatic heterocycles. The van der Waals surface area contributed by atoms with E-state index in [1.54, 1.807) is 31.2 Å². The van der Waals surface area contributed by atoms with Gasteiger partial charge >= 0.3 is 5.97 Å². The van der Waals surface area contributed by atoms with Gasteiger partial charge in [-0.3, -0.25) is 9.59 Å². The van der Waals surface area contributed by atoms with Gasteiger partial charge in [0.25, 0.3) is 5.91 Å². The first-order chi connectivity index (χ1) is 11.6. The zero-order valence-electron chi connectivity index (χ0n) is 13.4. The largest absolute Gasteiger partial charge is 0.457 e. The fourth-order valence-electron chi connectivity index (χ4n) is 2.04. The summed E-state index contributed by atoms with van der Waals surface area (Å²) in [6.07, 6.45) is 0.455. The molecular formula is C18H20N2O4. The molecule has 6 nitrogen and oxygen atoms in total. The number of amides is 1. The number of nitrogens with one attached hydrogen (secondary N) is 1. The Hall–Kier alpha value is -2.86. The third kappa shape index (κ3) is 5.10. The summed E-state index contributed by atoms with van der Waals surface area (Å²) in [5, 5.41) is 2.75. The van der Waals surface area contributed by atoms with Gasteiger partial charge in [-0.05, 0) is 42.8 Å². The summed E-state index contributed by atoms with van der Waals surface area (Å²) in [6.45, 7) is 2.05. The van der Waals surface area contributed by atoms with Gasteiger partial charge in [0.05, 0.1) is 5.92 Å². The average Bonchev–Trinajstić information content (AvgIpc) is 2.62. The van der Waals surface area contributed by atoms with E-state index in [1.807, 2.05) is 30.3 Å². The molecule has 1 amide bonds. The first-order valence-electron chi connectivity index (χ1n) is 7.62. The van der Waals surface area contributed by atoms with Crippen molar-refractivity contribution in [2.45, 2.75) is 13.3 Å². The number of benzene rings is 2. The number of hydrogen-bond donors (Lipinski definition) is 2. The minimum atomic E-state index is -0.494. The second-order valence-corrected chi connectivity index (χ2v) is 5.32. The molecule has 24 heavy (non-hydrogen) atoms. The molecule has 2 aromatic carbocycles. The van der Waals surface area contributed by atoms with Gasteiger partial charge in [-0.15, -0.1) is 0 Å². The smallest absolute Gasteiger partial charge is 0.327 e. The Labute approximate surface area is 140 Å². The zero-order chi connectivity index (χ0) is 17.4. The third-order valence-electron chi connectivity index (χ3n) is 3.48. The number of carbonyl (C=O) groups excluding carboxylic acids is 2. The van der Waals surface area contributed by atoms with E-state index in [1.165, 1.54) is 0 Å². The van der Waals surface area contributed by atoms with Crippen LogP contribution >= 0.6 is 0 Å². The maximum atomic E-state index is 12.0. The SMILES string of the molecule is C[C@@H](CCNC(=O)c1ccc(Oc2ccccc2)cc1)C(=O)ON. The standard InChI is InChI=1S/C18H20N2O4/c1-13(18(22)24-19)11-12-20-17(21)14-7-9-16(10-8-14)23-15-5-3-2-4-6-15/h2-10,13H,11-12,19H2,1H3,(H,20,21)/t13-/m0/s1. The van der Waals surface area contributed by atoms with Crippen LogP contribution in [0.2, 0.25) is 0 Å². The lowest BCUT2D eigenvalue weighted by molar-refractivity contribution is -0.148. The van der Waals surface area contributed by atoms with E-state index in [2.05, 4.69) is 10.2 Å². The molecule has 2 rings (SSSR count). The van der Waals surface area contributed by atoms with E-state index in [4.69, 9.17) is 10.6 Å². The normalized spacial score (nSPS) is 11.4. The summed E-state index contributed by atoms with van der Waals surface area (Å²) in [7, 11) is 0. The van der Waals surface area contributed by atoms with Crippen LogP contribution in [0.5, 0.6) is 11.5 Å². The number of rotatable bonds is 7. The predicted molar refractivity (Wildman–Crippen MR) is 89.4 cm³/mol. The molecule has 1 atom stereocenters. The van der Waals surface area contributed by atoms with Crippen molar-refractivity contribution in [3.05, 3.63) is 60.2 Å². The summed E-state index contributed by atoms with van der Waals surface area (Å²) in [4.78, 5) is 27.4. The molecule has 0 aliphatic rings. The van der Waals surface area contributed by atoms with Crippen LogP contribution in [0.15, 0.2) is 54.6 Å². The fraction of sp³-hybridized carbons (Fsp3) is 0.222. The molecule has 0 bridgehead atoms. The fourth-order valence-corrected chi connectivity index (χ4v) is 2.04. The Bertz CT molecular complexity index is 671. The molecule has 0 heterocycles. The Morgan fingerprint density at radius 2 is 1.67 bits per heavy atom. The lowest BCUT2D eigenvalue weighted by Gasteiger charge is -2.10. The maximum absolute atomic E-state index is 12.0. The highest BCUT2D eigenvalue weighted by Gasteiger charge is 2.14. The molecule has 0 saturated carbocycles. The molecule has 0 fully saturated rings. The topological polar surface area (TPSA) is 90.6 Å². The highest BCUT2D eigenvalue weighted by Crippen LogP contribution is 2.21. The Kier molecular flexibility index (Phi) is 6.33. The molecule has 3 N–H and O–H groups in total. The summed E-state index contributed by atoms with van der Waals surface area (Å²) in [6, 6.07) is 16.2. The average molecular weight is 328 g/mol. The number of ether oxygens (including phenoxy) is 1. The first kappa shape index (κ1) is 17.5. The summed E-state index contributed by atoms with van der Waals surface area (Å²) in [5.74, 6) is 5.13. The highest BCUT2D eigenvalue weighted by atomic mass is 16.7. The Balaban J connectivity index is 1.84. The van der Waals surface area contributed by atoms with E-state index in [-0.39, 0.29) is 11.8 Å². The predicted octanol–water partition coefficient (Wildman–Crippen LogP) is 2.65. The molecule has 0 saturated heterocycles. The van der Waals surface area contributed by atoms with Crippen molar-refractivity contribution in [1.82, 2.24) is 5.32 Å². The van der Waals surface area contributed by atoms with Crippen LogP contribution in [0.3, 0.4) is 0 Å². The molecule has 126 valence electrons. The lowest BCUT2D eigenvalue weighted by atomic mass is 10.1. The first-order valence-corrected chi connectivity index (χ1v) is 7.62. The van der Waals surface area contributed by atoms with Crippen LogP contribution in [0.1, 0.15) is 23.7 Å². The van der Waals surface area contributed by atoms with Gasteiger partial charge in [-0.1, -0.05) is 25.1 Å². The lowest BCUT2D eigenvalue weighted by Crippen LogP contribution is -2.28. The van der Waals surface area contributed by atoms with E-state index in [9.17, 15) is 9.59 Å². The van der Waals surface area contributed by atoms with E-state index >= 15 is 0 Å². The van der Waals surface area contributed by atoms with Gasteiger partial charge in [0, 0.05) is 12.1 Å². The summed E-state index contributed by atoms with van der Waals surface area (Å²) in [5.41, 5.74) is 0.518. The van der Waals surface area contributed by atoms with Crippen molar-refractivity contribution in [3.8, 4) is 11.5 Å². The van der Waals surface area contributed by atoms with Crippen LogP contribution in [0.25, 0.3) is 0 Å². The Morgan fingerprint density at radius 1 is 1.04 bits per heavy atom. The molecular weight excluding hydrogens is 308 g/mol. The van der Waals surface area contributed by atoms with E-state index in [0.29, 0.717) is 24.3 Å². The number of carbonyl (C=O) groups is 2. The number of nitrogens with two attached hydrogens (primary N) is 1. The van der Waals surface area contributed by atoms with Crippen molar-refractivity contribution in [1.29, 1.82) is 0 Å². The minimum absolute atomic E-state index is 0.213. The van der Waals surface area contributed by atoms with Gasteiger partial charge in [0.2, 0.25) is 0 Å². The zero-order valence-corrected chi connectivity index (χ0v) is 13.4. The third-order valence-corrected chi connectivity index (χ3v) is 3.48. The van der Waals surface area contributed by atoms with Crippen LogP contribution in [-0.2, 0) is 9.63 Å². The van der Waals surface area contributed by atoms with Crippen LogP contribution < -0.4 is 16.0 Å². The molecule has 0 radical (unpaired) electrons. The quantitative estimate of drug-likeness (QED) is 0.763. The highest BCUT2D eigenvalue weighted by molar-refractivity contribution is 5.94. The number of hydrogen-bond acceptors (Lipinski definition) is 5. The maximum Gasteiger partial charge on any atom is 0.327 e. The molecule has 6 heteroatoms. The molecule has 0 spiro atoms. The van der Waals surface area contributed by atoms with Gasteiger partial charge in [0.15, 0.2) is 0 Å². The van der Waals surface area contributed by atoms with Gasteiger partial charge in [0.1, 0.15) is 11.5 Å². The summed E-state index contributed by atoms with van der Waals surface area (Å²) >= 11 is 0. The van der Waals surface area contributed by atoms with Crippen LogP contribution in [-0.4, -0.2) is 18.4 Å². The number of para-hydroxylation sites is 1. The van der Waals surface area contributed by atoms with Crippen LogP contribution in [0, 0.1) is 5.92 Å². The molecule has 2 aromatic rings. The monoisotopic (exact) mass is 328 g/mol.